The number of carbonyl (C=O) groups is 1. The van der Waals surface area contributed by atoms with Gasteiger partial charge in [0.2, 0.25) is 5.91 Å². The highest BCUT2D eigenvalue weighted by Gasteiger charge is 2.31. The lowest BCUT2D eigenvalue weighted by molar-refractivity contribution is -0.117. The summed E-state index contributed by atoms with van der Waals surface area (Å²) in [6, 6.07) is 5.69. The van der Waals surface area contributed by atoms with Gasteiger partial charge in [0.25, 0.3) is 0 Å². The summed E-state index contributed by atoms with van der Waals surface area (Å²) in [5, 5.41) is 0.972. The number of carbonyl (C=O) groups excluding carboxylic acids is 1. The molecule has 0 radical (unpaired) electrons. The molecular formula is C14H11N3O. The molecule has 2 aromatic rings. The van der Waals surface area contributed by atoms with E-state index in [0.29, 0.717) is 18.8 Å². The van der Waals surface area contributed by atoms with Crippen molar-refractivity contribution in [1.82, 2.24) is 9.97 Å². The highest BCUT2D eigenvalue weighted by atomic mass is 16.2. The quantitative estimate of drug-likeness (QED) is 0.708. The van der Waals surface area contributed by atoms with Crippen LogP contribution >= 0.6 is 0 Å². The molecule has 2 aromatic heterocycles. The van der Waals surface area contributed by atoms with Crippen LogP contribution in [0.3, 0.4) is 0 Å². The molecule has 1 aliphatic rings. The number of fused-ring (bicyclic) bond motifs is 1. The number of nitrogens with zero attached hydrogens (tertiary/aromatic N) is 3. The van der Waals surface area contributed by atoms with Crippen LogP contribution < -0.4 is 4.90 Å². The van der Waals surface area contributed by atoms with Gasteiger partial charge in [-0.1, -0.05) is 6.07 Å². The number of pyridine rings is 2. The van der Waals surface area contributed by atoms with E-state index < -0.39 is 0 Å². The lowest BCUT2D eigenvalue weighted by atomic mass is 10.1. The van der Waals surface area contributed by atoms with Crippen LogP contribution in [0.4, 0.5) is 5.82 Å². The van der Waals surface area contributed by atoms with Gasteiger partial charge in [0, 0.05) is 36.7 Å². The van der Waals surface area contributed by atoms with Crippen LogP contribution in [-0.4, -0.2) is 22.4 Å². The Labute approximate surface area is 105 Å². The summed E-state index contributed by atoms with van der Waals surface area (Å²) in [5.74, 6) is 3.23. The van der Waals surface area contributed by atoms with Gasteiger partial charge >= 0.3 is 0 Å². The summed E-state index contributed by atoms with van der Waals surface area (Å²) in [6.07, 6.45) is 9.17. The van der Waals surface area contributed by atoms with Crippen molar-refractivity contribution in [1.29, 1.82) is 0 Å². The monoisotopic (exact) mass is 237 g/mol. The number of anilines is 1. The minimum absolute atomic E-state index is 0.0172. The third-order valence-corrected chi connectivity index (χ3v) is 3.12. The third kappa shape index (κ3) is 1.61. The second-order valence-corrected chi connectivity index (χ2v) is 4.28. The number of hydrogen-bond acceptors (Lipinski definition) is 3. The molecule has 0 aliphatic carbocycles. The molecule has 0 saturated carbocycles. The van der Waals surface area contributed by atoms with Crippen molar-refractivity contribution in [2.75, 3.05) is 11.4 Å². The summed E-state index contributed by atoms with van der Waals surface area (Å²) in [6.45, 7) is 0.526. The zero-order valence-corrected chi connectivity index (χ0v) is 9.71. The Hall–Kier alpha value is -2.41. The van der Waals surface area contributed by atoms with E-state index >= 15 is 0 Å². The molecule has 3 rings (SSSR count). The van der Waals surface area contributed by atoms with E-state index in [1.165, 1.54) is 0 Å². The highest BCUT2D eigenvalue weighted by molar-refractivity contribution is 6.02. The van der Waals surface area contributed by atoms with Crippen LogP contribution in [0.1, 0.15) is 6.42 Å². The first-order valence-corrected chi connectivity index (χ1v) is 5.76. The maximum Gasteiger partial charge on any atom is 0.229 e. The first-order chi connectivity index (χ1) is 8.79. The van der Waals surface area contributed by atoms with Crippen LogP contribution in [0.5, 0.6) is 0 Å². The first kappa shape index (κ1) is 10.7. The lowest BCUT2D eigenvalue weighted by Crippen LogP contribution is -2.25. The molecule has 0 N–H and O–H groups in total. The second-order valence-electron chi connectivity index (χ2n) is 4.28. The largest absolute Gasteiger partial charge is 0.294 e. The smallest absolute Gasteiger partial charge is 0.229 e. The standard InChI is InChI=1S/C14H11N3O/c1-2-10-8-12(18)17(9-10)14-13-11(5-7-16-14)4-3-6-15-13/h1,3-7,10H,8-9H2. The Morgan fingerprint density at radius 2 is 2.22 bits per heavy atom. The number of rotatable bonds is 1. The fraction of sp³-hybridized carbons (Fsp3) is 0.214. The molecule has 1 saturated heterocycles. The molecule has 4 nitrogen and oxygen atoms in total. The summed E-state index contributed by atoms with van der Waals surface area (Å²) >= 11 is 0. The van der Waals surface area contributed by atoms with Crippen molar-refractivity contribution in [3.63, 3.8) is 0 Å². The second kappa shape index (κ2) is 4.11. The molecule has 0 aromatic carbocycles. The molecule has 4 heteroatoms. The molecule has 18 heavy (non-hydrogen) atoms. The van der Waals surface area contributed by atoms with Gasteiger partial charge in [-0.3, -0.25) is 14.7 Å². The summed E-state index contributed by atoms with van der Waals surface area (Å²) in [7, 11) is 0. The number of terminal acetylenes is 1. The lowest BCUT2D eigenvalue weighted by Gasteiger charge is -2.15. The van der Waals surface area contributed by atoms with Gasteiger partial charge in [0.15, 0.2) is 5.82 Å². The summed E-state index contributed by atoms with van der Waals surface area (Å²) < 4.78 is 0. The number of hydrogen-bond donors (Lipinski definition) is 0. The van der Waals surface area contributed by atoms with Crippen LogP contribution in [0, 0.1) is 18.3 Å². The van der Waals surface area contributed by atoms with E-state index in [9.17, 15) is 4.79 Å². The predicted molar refractivity (Wildman–Crippen MR) is 68.8 cm³/mol. The first-order valence-electron chi connectivity index (χ1n) is 5.76. The fourth-order valence-electron chi connectivity index (χ4n) is 2.21. The molecule has 1 amide bonds. The van der Waals surface area contributed by atoms with Crippen LogP contribution in [0.15, 0.2) is 30.6 Å². The van der Waals surface area contributed by atoms with Crippen molar-refractivity contribution in [2.24, 2.45) is 5.92 Å². The van der Waals surface area contributed by atoms with Gasteiger partial charge in [0.05, 0.1) is 0 Å². The molecule has 3 heterocycles. The van der Waals surface area contributed by atoms with Crippen molar-refractivity contribution in [3.05, 3.63) is 30.6 Å². The van der Waals surface area contributed by atoms with E-state index in [4.69, 9.17) is 6.42 Å². The summed E-state index contributed by atoms with van der Waals surface area (Å²) in [4.78, 5) is 22.2. The Balaban J connectivity index is 2.10. The van der Waals surface area contributed by atoms with Crippen LogP contribution in [0.2, 0.25) is 0 Å². The third-order valence-electron chi connectivity index (χ3n) is 3.12. The molecule has 1 atom stereocenters. The summed E-state index contributed by atoms with van der Waals surface area (Å²) in [5.41, 5.74) is 0.742. The molecular weight excluding hydrogens is 226 g/mol. The van der Waals surface area contributed by atoms with E-state index in [1.807, 2.05) is 18.2 Å². The molecule has 1 unspecified atom stereocenters. The SMILES string of the molecule is C#CC1CC(=O)N(c2nccc3cccnc23)C1. The molecule has 0 spiro atoms. The Bertz CT molecular complexity index is 654. The van der Waals surface area contributed by atoms with Crippen molar-refractivity contribution >= 4 is 22.6 Å². The van der Waals surface area contributed by atoms with Gasteiger partial charge in [-0.25, -0.2) is 4.98 Å². The average molecular weight is 237 g/mol. The Kier molecular flexibility index (Phi) is 2.45. The minimum atomic E-state index is -0.0294. The molecule has 1 aliphatic heterocycles. The van der Waals surface area contributed by atoms with E-state index in [-0.39, 0.29) is 11.8 Å². The van der Waals surface area contributed by atoms with Gasteiger partial charge in [-0.05, 0) is 12.1 Å². The van der Waals surface area contributed by atoms with Crippen molar-refractivity contribution in [3.8, 4) is 12.3 Å². The normalized spacial score (nSPS) is 19.2. The molecule has 88 valence electrons. The van der Waals surface area contributed by atoms with Gasteiger partial charge in [0.1, 0.15) is 5.52 Å². The predicted octanol–water partition coefficient (Wildman–Crippen LogP) is 1.62. The zero-order valence-electron chi connectivity index (χ0n) is 9.71. The molecule has 0 bridgehead atoms. The average Bonchev–Trinajstić information content (AvgIpc) is 2.79. The van der Waals surface area contributed by atoms with Crippen LogP contribution in [0.25, 0.3) is 10.9 Å². The van der Waals surface area contributed by atoms with E-state index in [1.54, 1.807) is 17.3 Å². The van der Waals surface area contributed by atoms with Crippen molar-refractivity contribution < 1.29 is 4.79 Å². The van der Waals surface area contributed by atoms with E-state index in [0.717, 1.165) is 10.9 Å². The van der Waals surface area contributed by atoms with Gasteiger partial charge < -0.3 is 0 Å². The Morgan fingerprint density at radius 3 is 3.00 bits per heavy atom. The van der Waals surface area contributed by atoms with Crippen molar-refractivity contribution in [2.45, 2.75) is 6.42 Å². The number of aromatic nitrogens is 2. The maximum atomic E-state index is 12.0. The minimum Gasteiger partial charge on any atom is -0.294 e. The number of amides is 1. The van der Waals surface area contributed by atoms with Crippen LogP contribution in [-0.2, 0) is 4.79 Å². The maximum absolute atomic E-state index is 12.0. The zero-order chi connectivity index (χ0) is 12.5. The Morgan fingerprint density at radius 1 is 1.33 bits per heavy atom. The van der Waals surface area contributed by atoms with E-state index in [2.05, 4.69) is 15.9 Å². The van der Waals surface area contributed by atoms with Gasteiger partial charge in [-0.2, -0.15) is 0 Å². The highest BCUT2D eigenvalue weighted by Crippen LogP contribution is 2.27. The fourth-order valence-corrected chi connectivity index (χ4v) is 2.21. The molecule has 1 fully saturated rings. The van der Waals surface area contributed by atoms with Gasteiger partial charge in [-0.15, -0.1) is 12.3 Å². The topological polar surface area (TPSA) is 46.1 Å².